The molecule has 2 aromatic heterocycles. The van der Waals surface area contributed by atoms with Crippen LogP contribution in [0.25, 0.3) is 5.52 Å². The number of rotatable bonds is 2. The number of anilines is 1. The predicted molar refractivity (Wildman–Crippen MR) is 82.6 cm³/mol. The molecule has 1 aliphatic rings. The topological polar surface area (TPSA) is 70.7 Å². The predicted octanol–water partition coefficient (Wildman–Crippen LogP) is 2.49. The summed E-state index contributed by atoms with van der Waals surface area (Å²) in [5, 5.41) is 13.4. The minimum Gasteiger partial charge on any atom is -0.481 e. The van der Waals surface area contributed by atoms with Gasteiger partial charge in [0.1, 0.15) is 16.4 Å². The number of halogens is 1. The molecular formula is C14H17BrN4O2. The summed E-state index contributed by atoms with van der Waals surface area (Å²) >= 11 is 3.50. The van der Waals surface area contributed by atoms with E-state index in [9.17, 15) is 9.90 Å². The van der Waals surface area contributed by atoms with E-state index in [1.807, 2.05) is 17.5 Å². The van der Waals surface area contributed by atoms with Gasteiger partial charge in [-0.3, -0.25) is 4.79 Å². The molecule has 3 heterocycles. The Hall–Kier alpha value is -1.63. The fourth-order valence-corrected chi connectivity index (χ4v) is 3.69. The summed E-state index contributed by atoms with van der Waals surface area (Å²) in [5.41, 5.74) is 2.08. The van der Waals surface area contributed by atoms with Gasteiger partial charge in [0, 0.05) is 12.6 Å². The Labute approximate surface area is 130 Å². The molecule has 0 amide bonds. The molecule has 1 N–H and O–H groups in total. The van der Waals surface area contributed by atoms with E-state index in [0.717, 1.165) is 21.5 Å². The molecule has 2 atom stereocenters. The van der Waals surface area contributed by atoms with Crippen LogP contribution >= 0.6 is 15.9 Å². The van der Waals surface area contributed by atoms with Gasteiger partial charge in [-0.05, 0) is 54.2 Å². The van der Waals surface area contributed by atoms with Crippen molar-refractivity contribution < 1.29 is 9.90 Å². The number of nitrogens with zero attached hydrogens (tertiary/aromatic N) is 4. The van der Waals surface area contributed by atoms with Crippen LogP contribution in [0.5, 0.6) is 0 Å². The highest BCUT2D eigenvalue weighted by molar-refractivity contribution is 9.10. The molecule has 0 aliphatic carbocycles. The Balaban J connectivity index is 2.00. The first-order valence-electron chi connectivity index (χ1n) is 6.97. The molecule has 2 aromatic rings. The first-order chi connectivity index (χ1) is 9.99. The first-order valence-corrected chi connectivity index (χ1v) is 7.76. The van der Waals surface area contributed by atoms with Gasteiger partial charge in [-0.15, -0.1) is 0 Å². The zero-order chi connectivity index (χ0) is 15.1. The highest BCUT2D eigenvalue weighted by Crippen LogP contribution is 2.32. The molecule has 0 unspecified atom stereocenters. The number of aromatic nitrogens is 3. The molecule has 21 heavy (non-hydrogen) atoms. The third-order valence-corrected chi connectivity index (χ3v) is 4.74. The van der Waals surface area contributed by atoms with Crippen LogP contribution < -0.4 is 4.90 Å². The zero-order valence-electron chi connectivity index (χ0n) is 12.0. The number of piperidine rings is 1. The van der Waals surface area contributed by atoms with Gasteiger partial charge in [-0.25, -0.2) is 9.50 Å². The van der Waals surface area contributed by atoms with Crippen LogP contribution in [-0.2, 0) is 4.79 Å². The van der Waals surface area contributed by atoms with E-state index in [1.165, 1.54) is 0 Å². The number of hydrogen-bond donors (Lipinski definition) is 1. The molecule has 0 bridgehead atoms. The number of carboxylic acids is 1. The van der Waals surface area contributed by atoms with Gasteiger partial charge in [0.2, 0.25) is 0 Å². The van der Waals surface area contributed by atoms with Crippen LogP contribution in [0.3, 0.4) is 0 Å². The largest absolute Gasteiger partial charge is 0.481 e. The smallest absolute Gasteiger partial charge is 0.306 e. The van der Waals surface area contributed by atoms with Gasteiger partial charge in [-0.2, -0.15) is 5.10 Å². The van der Waals surface area contributed by atoms with Crippen LogP contribution in [0.15, 0.2) is 17.0 Å². The monoisotopic (exact) mass is 352 g/mol. The summed E-state index contributed by atoms with van der Waals surface area (Å²) in [6, 6.07) is 2.16. The van der Waals surface area contributed by atoms with Crippen LogP contribution in [-0.4, -0.2) is 38.3 Å². The Morgan fingerprint density at radius 3 is 2.95 bits per heavy atom. The molecule has 1 saturated heterocycles. The van der Waals surface area contributed by atoms with Gasteiger partial charge < -0.3 is 10.0 Å². The van der Waals surface area contributed by atoms with E-state index < -0.39 is 5.97 Å². The third-order valence-electron chi connectivity index (χ3n) is 4.18. The number of hydrogen-bond acceptors (Lipinski definition) is 4. The van der Waals surface area contributed by atoms with Crippen LogP contribution in [0.2, 0.25) is 0 Å². The number of fused-ring (bicyclic) bond motifs is 1. The SMILES string of the molecule is Cc1cc(Br)n2ncnc(N3CC[C@H](C(=O)O)C[C@@H]3C)c12. The second-order valence-corrected chi connectivity index (χ2v) is 6.41. The minimum atomic E-state index is -0.698. The van der Waals surface area contributed by atoms with Crippen molar-refractivity contribution in [2.45, 2.75) is 32.7 Å². The molecule has 1 fully saturated rings. The van der Waals surface area contributed by atoms with E-state index in [4.69, 9.17) is 0 Å². The summed E-state index contributed by atoms with van der Waals surface area (Å²) in [5.74, 6) is -0.0748. The molecule has 112 valence electrons. The lowest BCUT2D eigenvalue weighted by Gasteiger charge is -2.37. The fourth-order valence-electron chi connectivity index (χ4n) is 3.08. The molecule has 0 radical (unpaired) electrons. The molecule has 3 rings (SSSR count). The van der Waals surface area contributed by atoms with E-state index >= 15 is 0 Å². The maximum Gasteiger partial charge on any atom is 0.306 e. The highest BCUT2D eigenvalue weighted by Gasteiger charge is 2.31. The summed E-state index contributed by atoms with van der Waals surface area (Å²) in [6.45, 7) is 4.79. The summed E-state index contributed by atoms with van der Waals surface area (Å²) < 4.78 is 2.72. The quantitative estimate of drug-likeness (QED) is 0.898. The van der Waals surface area contributed by atoms with Crippen LogP contribution in [0.4, 0.5) is 5.82 Å². The van der Waals surface area contributed by atoms with Gasteiger partial charge in [0.25, 0.3) is 0 Å². The highest BCUT2D eigenvalue weighted by atomic mass is 79.9. The average molecular weight is 353 g/mol. The summed E-state index contributed by atoms with van der Waals surface area (Å²) in [6.07, 6.45) is 2.84. The van der Waals surface area contributed by atoms with E-state index in [0.29, 0.717) is 19.4 Å². The first kappa shape index (κ1) is 14.3. The van der Waals surface area contributed by atoms with Crippen molar-refractivity contribution in [3.63, 3.8) is 0 Å². The Morgan fingerprint density at radius 2 is 2.29 bits per heavy atom. The van der Waals surface area contributed by atoms with Gasteiger partial charge in [0.05, 0.1) is 5.92 Å². The number of carboxylic acid groups (broad SMARTS) is 1. The standard InChI is InChI=1S/C14H17BrN4O2/c1-8-5-11(15)19-12(8)13(16-7-17-19)18-4-3-10(14(20)21)6-9(18)2/h5,7,9-10H,3-4,6H2,1-2H3,(H,20,21)/t9-,10-/m0/s1. The van der Waals surface area contributed by atoms with E-state index in [1.54, 1.807) is 6.33 Å². The van der Waals surface area contributed by atoms with E-state index in [-0.39, 0.29) is 12.0 Å². The number of carbonyl (C=O) groups is 1. The zero-order valence-corrected chi connectivity index (χ0v) is 13.5. The third kappa shape index (κ3) is 2.39. The van der Waals surface area contributed by atoms with Crippen molar-refractivity contribution in [3.05, 3.63) is 22.6 Å². The lowest BCUT2D eigenvalue weighted by atomic mass is 9.91. The van der Waals surface area contributed by atoms with Crippen molar-refractivity contribution in [3.8, 4) is 0 Å². The number of aryl methyl sites for hydroxylation is 1. The summed E-state index contributed by atoms with van der Waals surface area (Å²) in [4.78, 5) is 17.8. The van der Waals surface area contributed by atoms with Crippen molar-refractivity contribution in [2.24, 2.45) is 5.92 Å². The van der Waals surface area contributed by atoms with Gasteiger partial charge in [-0.1, -0.05) is 0 Å². The Kier molecular flexibility index (Phi) is 3.61. The maximum absolute atomic E-state index is 11.2. The molecule has 1 aliphatic heterocycles. The van der Waals surface area contributed by atoms with Crippen molar-refractivity contribution in [2.75, 3.05) is 11.4 Å². The fraction of sp³-hybridized carbons (Fsp3) is 0.500. The molecule has 6 nitrogen and oxygen atoms in total. The molecule has 0 aromatic carbocycles. The summed E-state index contributed by atoms with van der Waals surface area (Å²) in [7, 11) is 0. The lowest BCUT2D eigenvalue weighted by Crippen LogP contribution is -2.43. The normalized spacial score (nSPS) is 22.7. The molecule has 0 saturated carbocycles. The minimum absolute atomic E-state index is 0.145. The number of aliphatic carboxylic acids is 1. The van der Waals surface area contributed by atoms with Gasteiger partial charge in [0.15, 0.2) is 5.82 Å². The molecule has 7 heteroatoms. The lowest BCUT2D eigenvalue weighted by molar-refractivity contribution is -0.142. The Morgan fingerprint density at radius 1 is 1.52 bits per heavy atom. The average Bonchev–Trinajstić information content (AvgIpc) is 2.74. The Bertz CT molecular complexity index is 700. The van der Waals surface area contributed by atoms with Crippen LogP contribution in [0.1, 0.15) is 25.3 Å². The van der Waals surface area contributed by atoms with E-state index in [2.05, 4.69) is 37.8 Å². The second kappa shape index (κ2) is 5.29. The van der Waals surface area contributed by atoms with Gasteiger partial charge >= 0.3 is 5.97 Å². The van der Waals surface area contributed by atoms with Crippen molar-refractivity contribution >= 4 is 33.2 Å². The molecule has 0 spiro atoms. The van der Waals surface area contributed by atoms with Crippen molar-refractivity contribution in [1.29, 1.82) is 0 Å². The second-order valence-electron chi connectivity index (χ2n) is 5.60. The van der Waals surface area contributed by atoms with Crippen molar-refractivity contribution in [1.82, 2.24) is 14.6 Å². The molecular weight excluding hydrogens is 336 g/mol. The van der Waals surface area contributed by atoms with Crippen LogP contribution in [0, 0.1) is 12.8 Å². The maximum atomic E-state index is 11.2.